The van der Waals surface area contributed by atoms with Crippen LogP contribution >= 0.6 is 34.4 Å². The highest BCUT2D eigenvalue weighted by molar-refractivity contribution is 14.1. The van der Waals surface area contributed by atoms with Crippen LogP contribution in [-0.2, 0) is 9.53 Å². The fraction of sp³-hybridized carbons (Fsp3) is 0.833. The summed E-state index contributed by atoms with van der Waals surface area (Å²) in [5.41, 5.74) is 0.873. The molecule has 0 spiro atoms. The molecule has 0 unspecified atom stereocenters. The Labute approximate surface area is 155 Å². The third kappa shape index (κ3) is 12.8. The van der Waals surface area contributed by atoms with Gasteiger partial charge in [0.25, 0.3) is 0 Å². The van der Waals surface area contributed by atoms with Crippen LogP contribution in [0.25, 0.3) is 0 Å². The first-order valence-corrected chi connectivity index (χ1v) is 10.6. The van der Waals surface area contributed by atoms with Gasteiger partial charge in [-0.05, 0) is 74.0 Å². The van der Waals surface area contributed by atoms with Crippen molar-refractivity contribution in [2.75, 3.05) is 5.75 Å². The van der Waals surface area contributed by atoms with E-state index >= 15 is 0 Å². The van der Waals surface area contributed by atoms with Crippen molar-refractivity contribution in [2.45, 2.75) is 91.6 Å². The third-order valence-corrected chi connectivity index (χ3v) is 5.85. The van der Waals surface area contributed by atoms with Crippen molar-refractivity contribution in [1.29, 1.82) is 0 Å². The Balaban J connectivity index is 4.62. The molecule has 22 heavy (non-hydrogen) atoms. The summed E-state index contributed by atoms with van der Waals surface area (Å²) < 4.78 is 6.79. The number of thioether (sulfide) groups is 1. The first-order valence-electron chi connectivity index (χ1n) is 8.52. The van der Waals surface area contributed by atoms with Crippen LogP contribution in [0.1, 0.15) is 86.0 Å². The second-order valence-corrected chi connectivity index (χ2v) is 9.57. The van der Waals surface area contributed by atoms with Gasteiger partial charge >= 0.3 is 5.97 Å². The predicted octanol–water partition coefficient (Wildman–Crippen LogP) is 6.87. The van der Waals surface area contributed by atoms with Gasteiger partial charge in [-0.2, -0.15) is 0 Å². The number of unbranched alkanes of at least 4 members (excludes halogenated alkanes) is 4. The number of hydrogen-bond acceptors (Lipinski definition) is 3. The number of carbonyl (C=O) groups is 1. The number of halogens is 1. The van der Waals surface area contributed by atoms with E-state index in [1.807, 2.05) is 32.5 Å². The Hall–Kier alpha value is 0.290. The smallest absolute Gasteiger partial charge is 0.310 e. The fourth-order valence-electron chi connectivity index (χ4n) is 1.98. The highest BCUT2D eigenvalue weighted by Crippen LogP contribution is 2.32. The summed E-state index contributed by atoms with van der Waals surface area (Å²) in [6.45, 7) is 10.2. The van der Waals surface area contributed by atoms with Crippen molar-refractivity contribution in [3.8, 4) is 0 Å². The van der Waals surface area contributed by atoms with Crippen molar-refractivity contribution in [2.24, 2.45) is 0 Å². The van der Waals surface area contributed by atoms with Gasteiger partial charge in [0.15, 0.2) is 0 Å². The molecule has 0 aromatic heterocycles. The van der Waals surface area contributed by atoms with Crippen molar-refractivity contribution in [3.63, 3.8) is 0 Å². The molecule has 0 radical (unpaired) electrons. The highest BCUT2D eigenvalue weighted by Gasteiger charge is 2.18. The lowest BCUT2D eigenvalue weighted by molar-refractivity contribution is -0.153. The minimum Gasteiger partial charge on any atom is -0.460 e. The van der Waals surface area contributed by atoms with E-state index in [2.05, 4.69) is 36.4 Å². The zero-order valence-corrected chi connectivity index (χ0v) is 17.9. The Kier molecular flexibility index (Phi) is 12.8. The molecule has 0 bridgehead atoms. The van der Waals surface area contributed by atoms with E-state index in [-0.39, 0.29) is 5.97 Å². The second-order valence-electron chi connectivity index (χ2n) is 6.65. The van der Waals surface area contributed by atoms with Gasteiger partial charge in [0.1, 0.15) is 5.60 Å². The number of ether oxygens (including phenoxy) is 1. The van der Waals surface area contributed by atoms with Crippen LogP contribution in [0.4, 0.5) is 0 Å². The normalized spacial score (nSPS) is 13.0. The van der Waals surface area contributed by atoms with Gasteiger partial charge in [0, 0.05) is 2.91 Å². The molecule has 0 N–H and O–H groups in total. The molecule has 0 aliphatic carbocycles. The highest BCUT2D eigenvalue weighted by atomic mass is 127. The summed E-state index contributed by atoms with van der Waals surface area (Å²) in [7, 11) is 0. The van der Waals surface area contributed by atoms with Gasteiger partial charge in [0.05, 0.1) is 6.42 Å². The van der Waals surface area contributed by atoms with Crippen LogP contribution in [0.2, 0.25) is 0 Å². The Morgan fingerprint density at radius 2 is 1.68 bits per heavy atom. The average molecular weight is 440 g/mol. The van der Waals surface area contributed by atoms with E-state index in [1.165, 1.54) is 47.0 Å². The summed E-state index contributed by atoms with van der Waals surface area (Å²) >= 11 is 4.30. The minimum absolute atomic E-state index is 0.0942. The SMILES string of the molecule is CCCCCC/C(CC(=O)OC(C)(C)C)=C(\I)SCCCC. The molecule has 0 rings (SSSR count). The molecule has 0 saturated heterocycles. The summed E-state index contributed by atoms with van der Waals surface area (Å²) in [4.78, 5) is 12.1. The maximum atomic E-state index is 12.1. The maximum Gasteiger partial charge on any atom is 0.310 e. The van der Waals surface area contributed by atoms with Crippen LogP contribution < -0.4 is 0 Å². The average Bonchev–Trinajstić information content (AvgIpc) is 2.40. The maximum absolute atomic E-state index is 12.1. The van der Waals surface area contributed by atoms with Gasteiger partial charge in [-0.3, -0.25) is 4.79 Å². The van der Waals surface area contributed by atoms with E-state index in [0.29, 0.717) is 6.42 Å². The fourth-order valence-corrected chi connectivity index (χ4v) is 4.09. The van der Waals surface area contributed by atoms with Gasteiger partial charge < -0.3 is 4.74 Å². The molecule has 0 aliphatic heterocycles. The van der Waals surface area contributed by atoms with Crippen molar-refractivity contribution >= 4 is 40.3 Å². The quantitative estimate of drug-likeness (QED) is 0.199. The molecule has 0 heterocycles. The van der Waals surface area contributed by atoms with Gasteiger partial charge in [-0.25, -0.2) is 0 Å². The molecule has 4 heteroatoms. The number of hydrogen-bond donors (Lipinski definition) is 0. The standard InChI is InChI=1S/C18H33IO2S/c1-6-8-10-11-12-15(17(19)22-13-9-7-2)14-16(20)21-18(3,4)5/h6-14H2,1-5H3/b17-15-. The summed E-state index contributed by atoms with van der Waals surface area (Å²) in [5, 5.41) is 0. The Morgan fingerprint density at radius 3 is 2.23 bits per heavy atom. The van der Waals surface area contributed by atoms with E-state index in [4.69, 9.17) is 4.74 Å². The molecule has 0 aromatic rings. The van der Waals surface area contributed by atoms with E-state index in [0.717, 1.165) is 12.2 Å². The third-order valence-electron chi connectivity index (χ3n) is 3.11. The van der Waals surface area contributed by atoms with E-state index in [9.17, 15) is 4.79 Å². The van der Waals surface area contributed by atoms with Gasteiger partial charge in [-0.1, -0.05) is 39.5 Å². The van der Waals surface area contributed by atoms with Gasteiger partial charge in [0.2, 0.25) is 0 Å². The monoisotopic (exact) mass is 440 g/mol. The molecule has 0 aromatic carbocycles. The van der Waals surface area contributed by atoms with Crippen LogP contribution in [0.3, 0.4) is 0 Å². The Morgan fingerprint density at radius 1 is 1.05 bits per heavy atom. The molecule has 0 fully saturated rings. The lowest BCUT2D eigenvalue weighted by Gasteiger charge is -2.20. The Bertz CT molecular complexity index is 345. The van der Waals surface area contributed by atoms with Crippen LogP contribution in [0.5, 0.6) is 0 Å². The summed E-state index contributed by atoms with van der Waals surface area (Å²) in [6, 6.07) is 0. The van der Waals surface area contributed by atoms with Gasteiger partial charge in [-0.15, -0.1) is 11.8 Å². The van der Waals surface area contributed by atoms with Crippen molar-refractivity contribution < 1.29 is 9.53 Å². The van der Waals surface area contributed by atoms with Crippen molar-refractivity contribution in [1.82, 2.24) is 0 Å². The summed E-state index contributed by atoms with van der Waals surface area (Å²) in [5.74, 6) is 1.05. The molecule has 0 amide bonds. The number of rotatable bonds is 11. The second kappa shape index (κ2) is 12.7. The van der Waals surface area contributed by atoms with Crippen LogP contribution in [0.15, 0.2) is 8.48 Å². The first-order chi connectivity index (χ1) is 10.3. The van der Waals surface area contributed by atoms with Crippen LogP contribution in [-0.4, -0.2) is 17.3 Å². The molecule has 130 valence electrons. The summed E-state index contributed by atoms with van der Waals surface area (Å²) in [6.07, 6.45) is 8.86. The largest absolute Gasteiger partial charge is 0.460 e. The zero-order valence-electron chi connectivity index (χ0n) is 15.0. The minimum atomic E-state index is -0.398. The molecular weight excluding hydrogens is 407 g/mol. The van der Waals surface area contributed by atoms with Crippen molar-refractivity contribution in [3.05, 3.63) is 8.48 Å². The van der Waals surface area contributed by atoms with E-state index < -0.39 is 5.60 Å². The van der Waals surface area contributed by atoms with Crippen LogP contribution in [0, 0.1) is 0 Å². The van der Waals surface area contributed by atoms with E-state index in [1.54, 1.807) is 0 Å². The zero-order chi connectivity index (χ0) is 17.0. The molecular formula is C18H33IO2S. The lowest BCUT2D eigenvalue weighted by atomic mass is 10.1. The molecule has 0 atom stereocenters. The number of carbonyl (C=O) groups excluding carboxylic acids is 1. The molecule has 0 aliphatic rings. The predicted molar refractivity (Wildman–Crippen MR) is 108 cm³/mol. The topological polar surface area (TPSA) is 26.3 Å². The molecule has 0 saturated carbocycles. The number of esters is 1. The first kappa shape index (κ1) is 22.3. The lowest BCUT2D eigenvalue weighted by Crippen LogP contribution is -2.24. The molecule has 2 nitrogen and oxygen atoms in total.